The van der Waals surface area contributed by atoms with Crippen LogP contribution in [0, 0.1) is 12.3 Å². The molecule has 6 heteroatoms. The number of anilines is 1. The lowest BCUT2D eigenvalue weighted by Crippen LogP contribution is -2.53. The molecule has 0 aromatic carbocycles. The summed E-state index contributed by atoms with van der Waals surface area (Å²) in [7, 11) is 1.89. The number of rotatable bonds is 3. The fraction of sp³-hybridized carbons (Fsp3) is 0.444. The van der Waals surface area contributed by atoms with Gasteiger partial charge in [-0.2, -0.15) is 0 Å². The van der Waals surface area contributed by atoms with Gasteiger partial charge in [0.05, 0.1) is 5.56 Å². The number of fused-ring (bicyclic) bond motifs is 2. The van der Waals surface area contributed by atoms with Crippen molar-refractivity contribution in [3.05, 3.63) is 35.7 Å². The Labute approximate surface area is 142 Å². The van der Waals surface area contributed by atoms with Crippen LogP contribution in [0.15, 0.2) is 24.4 Å². The molecule has 2 fully saturated rings. The molecule has 2 aliphatic rings. The first-order valence-corrected chi connectivity index (χ1v) is 8.57. The zero-order chi connectivity index (χ0) is 16.7. The standard InChI is InChI=1S/C18H24N6/c1-11-7-12(5-6-21-11)16-8-15(18(20-2)23-16)17(19)24-9-13-3-4-14(10-24)22-13/h5-8,13-14,19-20,22-23H,3-4,9-10H2,1-2H3. The predicted molar refractivity (Wildman–Crippen MR) is 96.7 cm³/mol. The van der Waals surface area contributed by atoms with E-state index in [4.69, 9.17) is 5.41 Å². The first-order chi connectivity index (χ1) is 11.6. The number of aryl methyl sites for hydroxylation is 1. The number of aromatic amines is 1. The predicted octanol–water partition coefficient (Wildman–Crippen LogP) is 2.19. The van der Waals surface area contributed by atoms with E-state index in [1.165, 1.54) is 12.8 Å². The molecule has 0 radical (unpaired) electrons. The molecule has 0 aliphatic carbocycles. The highest BCUT2D eigenvalue weighted by Crippen LogP contribution is 2.28. The summed E-state index contributed by atoms with van der Waals surface area (Å²) in [5, 5.41) is 15.5. The van der Waals surface area contributed by atoms with Crippen LogP contribution in [0.4, 0.5) is 5.82 Å². The lowest BCUT2D eigenvalue weighted by molar-refractivity contribution is 0.288. The van der Waals surface area contributed by atoms with Crippen LogP contribution in [-0.2, 0) is 0 Å². The lowest BCUT2D eigenvalue weighted by Gasteiger charge is -2.34. The second kappa shape index (κ2) is 5.94. The molecule has 0 saturated carbocycles. The van der Waals surface area contributed by atoms with Gasteiger partial charge in [0.25, 0.3) is 0 Å². The Bertz CT molecular complexity index is 753. The summed E-state index contributed by atoms with van der Waals surface area (Å²) in [6, 6.07) is 7.19. The van der Waals surface area contributed by atoms with Gasteiger partial charge in [0.1, 0.15) is 11.7 Å². The van der Waals surface area contributed by atoms with Crippen LogP contribution < -0.4 is 10.6 Å². The third-order valence-electron chi connectivity index (χ3n) is 5.06. The maximum Gasteiger partial charge on any atom is 0.131 e. The van der Waals surface area contributed by atoms with Crippen LogP contribution in [0.2, 0.25) is 0 Å². The number of H-pyrrole nitrogens is 1. The third kappa shape index (κ3) is 2.67. The van der Waals surface area contributed by atoms with Crippen molar-refractivity contribution < 1.29 is 0 Å². The van der Waals surface area contributed by atoms with Crippen LogP contribution in [0.25, 0.3) is 11.3 Å². The number of hydrogen-bond donors (Lipinski definition) is 4. The van der Waals surface area contributed by atoms with Gasteiger partial charge >= 0.3 is 0 Å². The van der Waals surface area contributed by atoms with Crippen molar-refractivity contribution in [3.8, 4) is 11.3 Å². The van der Waals surface area contributed by atoms with Crippen LogP contribution in [-0.4, -0.2) is 52.9 Å². The van der Waals surface area contributed by atoms with Crippen molar-refractivity contribution in [2.75, 3.05) is 25.5 Å². The smallest absolute Gasteiger partial charge is 0.131 e. The second-order valence-corrected chi connectivity index (χ2v) is 6.80. The van der Waals surface area contributed by atoms with Crippen LogP contribution >= 0.6 is 0 Å². The molecule has 4 rings (SSSR count). The molecule has 6 nitrogen and oxygen atoms in total. The lowest BCUT2D eigenvalue weighted by atomic mass is 10.1. The van der Waals surface area contributed by atoms with Crippen molar-refractivity contribution in [3.63, 3.8) is 0 Å². The van der Waals surface area contributed by atoms with Gasteiger partial charge in [-0.15, -0.1) is 0 Å². The number of nitrogens with one attached hydrogen (secondary N) is 4. The van der Waals surface area contributed by atoms with Gasteiger partial charge in [0.15, 0.2) is 0 Å². The largest absolute Gasteiger partial charge is 0.374 e. The Hall–Kier alpha value is -2.34. The number of amidine groups is 1. The summed E-state index contributed by atoms with van der Waals surface area (Å²) < 4.78 is 0. The van der Waals surface area contributed by atoms with E-state index < -0.39 is 0 Å². The zero-order valence-corrected chi connectivity index (χ0v) is 14.2. The molecule has 2 bridgehead atoms. The number of piperazine rings is 1. The van der Waals surface area contributed by atoms with Crippen molar-refractivity contribution in [1.82, 2.24) is 20.2 Å². The van der Waals surface area contributed by atoms with Gasteiger partial charge in [-0.25, -0.2) is 0 Å². The molecule has 2 aliphatic heterocycles. The zero-order valence-electron chi connectivity index (χ0n) is 14.2. The van der Waals surface area contributed by atoms with E-state index in [2.05, 4.69) is 37.6 Å². The molecule has 2 aromatic rings. The highest BCUT2D eigenvalue weighted by Gasteiger charge is 2.34. The normalized spacial score (nSPS) is 22.7. The highest BCUT2D eigenvalue weighted by atomic mass is 15.3. The minimum Gasteiger partial charge on any atom is -0.374 e. The number of nitrogens with zero attached hydrogens (tertiary/aromatic N) is 2. The Morgan fingerprint density at radius 1 is 1.29 bits per heavy atom. The van der Waals surface area contributed by atoms with Crippen LogP contribution in [0.3, 0.4) is 0 Å². The first kappa shape index (κ1) is 15.2. The summed E-state index contributed by atoms with van der Waals surface area (Å²) >= 11 is 0. The van der Waals surface area contributed by atoms with E-state index in [1.54, 1.807) is 0 Å². The molecule has 2 atom stereocenters. The Kier molecular flexibility index (Phi) is 3.76. The number of aromatic nitrogens is 2. The number of hydrogen-bond acceptors (Lipinski definition) is 4. The van der Waals surface area contributed by atoms with E-state index >= 15 is 0 Å². The molecule has 0 amide bonds. The van der Waals surface area contributed by atoms with Crippen LogP contribution in [0.1, 0.15) is 24.1 Å². The highest BCUT2D eigenvalue weighted by molar-refractivity contribution is 6.02. The fourth-order valence-electron chi connectivity index (χ4n) is 3.86. The minimum absolute atomic E-state index is 0.531. The van der Waals surface area contributed by atoms with Gasteiger partial charge in [-0.1, -0.05) is 0 Å². The topological polar surface area (TPSA) is 79.8 Å². The quantitative estimate of drug-likeness (QED) is 0.515. The van der Waals surface area contributed by atoms with Gasteiger partial charge < -0.3 is 20.5 Å². The fourth-order valence-corrected chi connectivity index (χ4v) is 3.86. The molecule has 2 aromatic heterocycles. The molecule has 4 heterocycles. The third-order valence-corrected chi connectivity index (χ3v) is 5.06. The summed E-state index contributed by atoms with van der Waals surface area (Å²) in [6.45, 7) is 3.84. The summed E-state index contributed by atoms with van der Waals surface area (Å²) in [5.41, 5.74) is 4.04. The SMILES string of the molecule is CNc1[nH]c(-c2ccnc(C)c2)cc1C(=N)N1CC2CCC(C1)N2. The molecule has 24 heavy (non-hydrogen) atoms. The molecule has 0 spiro atoms. The van der Waals surface area contributed by atoms with Gasteiger partial charge in [-0.3, -0.25) is 10.4 Å². The van der Waals surface area contributed by atoms with Gasteiger partial charge in [-0.05, 0) is 38.0 Å². The number of pyridine rings is 1. The van der Waals surface area contributed by atoms with E-state index in [0.29, 0.717) is 17.9 Å². The average Bonchev–Trinajstić information content (AvgIpc) is 3.17. The molecule has 4 N–H and O–H groups in total. The van der Waals surface area contributed by atoms with Gasteiger partial charge in [0, 0.05) is 55.4 Å². The molecule has 2 saturated heterocycles. The van der Waals surface area contributed by atoms with Crippen molar-refractivity contribution in [2.45, 2.75) is 31.8 Å². The van der Waals surface area contributed by atoms with Crippen molar-refractivity contribution >= 4 is 11.7 Å². The number of likely N-dealkylation sites (tertiary alicyclic amines) is 1. The first-order valence-electron chi connectivity index (χ1n) is 8.57. The van der Waals surface area contributed by atoms with E-state index in [0.717, 1.165) is 41.4 Å². The van der Waals surface area contributed by atoms with E-state index in [-0.39, 0.29) is 0 Å². The summed E-state index contributed by atoms with van der Waals surface area (Å²) in [5.74, 6) is 1.50. The molecular weight excluding hydrogens is 300 g/mol. The maximum absolute atomic E-state index is 8.72. The monoisotopic (exact) mass is 324 g/mol. The average molecular weight is 324 g/mol. The molecule has 2 unspecified atom stereocenters. The Balaban J connectivity index is 1.64. The maximum atomic E-state index is 8.72. The second-order valence-electron chi connectivity index (χ2n) is 6.80. The van der Waals surface area contributed by atoms with Crippen LogP contribution in [0.5, 0.6) is 0 Å². The molecule has 126 valence electrons. The Morgan fingerprint density at radius 3 is 2.71 bits per heavy atom. The summed E-state index contributed by atoms with van der Waals surface area (Å²) in [6.07, 6.45) is 4.27. The van der Waals surface area contributed by atoms with E-state index in [1.807, 2.05) is 26.2 Å². The van der Waals surface area contributed by atoms with Crippen molar-refractivity contribution in [2.24, 2.45) is 0 Å². The molecular formula is C18H24N6. The Morgan fingerprint density at radius 2 is 2.04 bits per heavy atom. The van der Waals surface area contributed by atoms with E-state index in [9.17, 15) is 0 Å². The van der Waals surface area contributed by atoms with Crippen molar-refractivity contribution in [1.29, 1.82) is 5.41 Å². The summed E-state index contributed by atoms with van der Waals surface area (Å²) in [4.78, 5) is 9.88. The minimum atomic E-state index is 0.531. The van der Waals surface area contributed by atoms with Gasteiger partial charge in [0.2, 0.25) is 0 Å².